The summed E-state index contributed by atoms with van der Waals surface area (Å²) in [5, 5.41) is 2.72. The summed E-state index contributed by atoms with van der Waals surface area (Å²) in [6.07, 6.45) is -0.489. The van der Waals surface area contributed by atoms with Gasteiger partial charge in [0, 0.05) is 57.1 Å². The summed E-state index contributed by atoms with van der Waals surface area (Å²) >= 11 is 0. The van der Waals surface area contributed by atoms with E-state index in [0.29, 0.717) is 24.3 Å². The van der Waals surface area contributed by atoms with E-state index >= 15 is 0 Å². The minimum Gasteiger partial charge on any atom is -0.453 e. The molecular weight excluding hydrogens is 476 g/mol. The normalized spacial score (nSPS) is 15.0. The molecule has 1 heterocycles. The van der Waals surface area contributed by atoms with Crippen LogP contribution in [0.3, 0.4) is 0 Å². The van der Waals surface area contributed by atoms with Gasteiger partial charge in [0.05, 0.1) is 13.2 Å². The van der Waals surface area contributed by atoms with Crippen molar-refractivity contribution in [3.05, 3.63) is 101 Å². The Hall–Kier alpha value is -3.68. The van der Waals surface area contributed by atoms with Crippen LogP contribution in [0, 0.1) is 0 Å². The first-order chi connectivity index (χ1) is 18.5. The summed E-state index contributed by atoms with van der Waals surface area (Å²) < 4.78 is 4.72. The highest BCUT2D eigenvalue weighted by atomic mass is 16.5. The summed E-state index contributed by atoms with van der Waals surface area (Å²) in [7, 11) is 1.35. The zero-order valence-electron chi connectivity index (χ0n) is 22.6. The number of hydrogen-bond acceptors (Lipinski definition) is 5. The van der Waals surface area contributed by atoms with E-state index in [2.05, 4.69) is 69.7 Å². The number of carbonyl (C=O) groups excluding carboxylic acids is 2. The van der Waals surface area contributed by atoms with Gasteiger partial charge in [-0.1, -0.05) is 54.6 Å². The number of nitrogens with zero attached hydrogens (tertiary/aromatic N) is 3. The number of piperazine rings is 1. The number of methoxy groups -OCH3 is 1. The molecule has 0 aromatic heterocycles. The van der Waals surface area contributed by atoms with Crippen molar-refractivity contribution in [2.45, 2.75) is 26.4 Å². The molecule has 4 rings (SSSR count). The van der Waals surface area contributed by atoms with Gasteiger partial charge in [-0.25, -0.2) is 4.79 Å². The van der Waals surface area contributed by atoms with Crippen molar-refractivity contribution < 1.29 is 14.3 Å². The van der Waals surface area contributed by atoms with E-state index in [1.165, 1.54) is 12.7 Å². The highest BCUT2D eigenvalue weighted by molar-refractivity contribution is 5.94. The highest BCUT2D eigenvalue weighted by Gasteiger charge is 2.27. The molecule has 1 saturated heterocycles. The van der Waals surface area contributed by atoms with Crippen LogP contribution >= 0.6 is 0 Å². The number of hydrogen-bond donors (Lipinski definition) is 1. The third-order valence-electron chi connectivity index (χ3n) is 7.20. The molecule has 200 valence electrons. The first kappa shape index (κ1) is 27.4. The number of nitrogens with one attached hydrogen (secondary N) is 1. The lowest BCUT2D eigenvalue weighted by molar-refractivity contribution is 0.0772. The van der Waals surface area contributed by atoms with Gasteiger partial charge in [-0.15, -0.1) is 0 Å². The summed E-state index contributed by atoms with van der Waals surface area (Å²) in [4.78, 5) is 31.3. The van der Waals surface area contributed by atoms with Crippen molar-refractivity contribution in [2.24, 2.45) is 0 Å². The molecule has 1 aliphatic heterocycles. The zero-order chi connectivity index (χ0) is 26.9. The molecule has 1 N–H and O–H groups in total. The van der Waals surface area contributed by atoms with Crippen molar-refractivity contribution in [2.75, 3.05) is 51.7 Å². The number of amides is 2. The van der Waals surface area contributed by atoms with Crippen molar-refractivity contribution in [1.29, 1.82) is 0 Å². The lowest BCUT2D eigenvalue weighted by Crippen LogP contribution is -2.47. The molecule has 7 nitrogen and oxygen atoms in total. The second kappa shape index (κ2) is 13.2. The van der Waals surface area contributed by atoms with Crippen molar-refractivity contribution >= 4 is 17.7 Å². The summed E-state index contributed by atoms with van der Waals surface area (Å²) in [6.45, 7) is 10.2. The van der Waals surface area contributed by atoms with Gasteiger partial charge in [0.15, 0.2) is 0 Å². The van der Waals surface area contributed by atoms with Crippen LogP contribution in [0.1, 0.15) is 46.9 Å². The average molecular weight is 515 g/mol. The molecule has 1 fully saturated rings. The Morgan fingerprint density at radius 2 is 1.42 bits per heavy atom. The minimum atomic E-state index is -0.489. The summed E-state index contributed by atoms with van der Waals surface area (Å²) in [5.41, 5.74) is 5.01. The molecule has 0 spiro atoms. The van der Waals surface area contributed by atoms with Crippen LogP contribution in [-0.2, 0) is 11.3 Å². The zero-order valence-corrected chi connectivity index (χ0v) is 22.6. The van der Waals surface area contributed by atoms with Gasteiger partial charge in [-0.05, 0) is 54.8 Å². The van der Waals surface area contributed by atoms with Gasteiger partial charge in [0.2, 0.25) is 0 Å². The Kier molecular flexibility index (Phi) is 9.51. The molecule has 1 aliphatic rings. The fourth-order valence-corrected chi connectivity index (χ4v) is 5.05. The third-order valence-corrected chi connectivity index (χ3v) is 7.20. The molecular formula is C31H38N4O3. The van der Waals surface area contributed by atoms with Gasteiger partial charge in [0.1, 0.15) is 0 Å². The van der Waals surface area contributed by atoms with Crippen LogP contribution < -0.4 is 5.32 Å². The molecule has 0 radical (unpaired) electrons. The molecule has 38 heavy (non-hydrogen) atoms. The number of anilines is 1. The fraction of sp³-hybridized carbons (Fsp3) is 0.355. The quantitative estimate of drug-likeness (QED) is 0.422. The average Bonchev–Trinajstić information content (AvgIpc) is 2.96. The fourth-order valence-electron chi connectivity index (χ4n) is 5.05. The van der Waals surface area contributed by atoms with E-state index in [1.807, 2.05) is 43.0 Å². The van der Waals surface area contributed by atoms with Crippen LogP contribution in [0.25, 0.3) is 0 Å². The third kappa shape index (κ3) is 6.79. The molecule has 1 atom stereocenters. The van der Waals surface area contributed by atoms with E-state index in [-0.39, 0.29) is 11.9 Å². The predicted octanol–water partition coefficient (Wildman–Crippen LogP) is 5.25. The molecule has 0 unspecified atom stereocenters. The van der Waals surface area contributed by atoms with Crippen molar-refractivity contribution in [1.82, 2.24) is 14.7 Å². The molecule has 2 amide bonds. The van der Waals surface area contributed by atoms with E-state index in [0.717, 1.165) is 43.9 Å². The van der Waals surface area contributed by atoms with Crippen LogP contribution in [0.2, 0.25) is 0 Å². The van der Waals surface area contributed by atoms with Crippen molar-refractivity contribution in [3.63, 3.8) is 0 Å². The standard InChI is InChI=1S/C31H38N4O3/c1-4-34(5-2)30(36)27-13-11-25(12-14-27)29(26-15-17-28(18-16-26)32-31(37)38-3)35-21-19-33(20-22-35)23-24-9-7-6-8-10-24/h6-18,29H,4-5,19-23H2,1-3H3,(H,32,37)/t29-/m1/s1. The van der Waals surface area contributed by atoms with Crippen LogP contribution in [0.5, 0.6) is 0 Å². The maximum Gasteiger partial charge on any atom is 0.411 e. The lowest BCUT2D eigenvalue weighted by Gasteiger charge is -2.40. The molecule has 0 aliphatic carbocycles. The molecule has 0 saturated carbocycles. The second-order valence-electron chi connectivity index (χ2n) is 9.54. The van der Waals surface area contributed by atoms with Crippen LogP contribution in [-0.4, -0.2) is 73.1 Å². The number of benzene rings is 3. The van der Waals surface area contributed by atoms with Crippen LogP contribution in [0.4, 0.5) is 10.5 Å². The maximum absolute atomic E-state index is 12.9. The minimum absolute atomic E-state index is 0.0404. The Labute approximate surface area is 226 Å². The SMILES string of the molecule is CCN(CC)C(=O)c1ccc([C@H](c2ccc(NC(=O)OC)cc2)N2CCN(Cc3ccccc3)CC2)cc1. The topological polar surface area (TPSA) is 65.1 Å². The second-order valence-corrected chi connectivity index (χ2v) is 9.54. The molecule has 0 bridgehead atoms. The van der Waals surface area contributed by atoms with E-state index in [4.69, 9.17) is 4.74 Å². The van der Waals surface area contributed by atoms with Gasteiger partial charge in [-0.3, -0.25) is 19.9 Å². The maximum atomic E-state index is 12.9. The Balaban J connectivity index is 1.55. The van der Waals surface area contributed by atoms with Gasteiger partial charge >= 0.3 is 6.09 Å². The Bertz CT molecular complexity index is 1170. The Morgan fingerprint density at radius 3 is 1.97 bits per heavy atom. The number of rotatable bonds is 9. The first-order valence-corrected chi connectivity index (χ1v) is 13.4. The van der Waals surface area contributed by atoms with Gasteiger partial charge in [0.25, 0.3) is 5.91 Å². The highest BCUT2D eigenvalue weighted by Crippen LogP contribution is 2.31. The molecule has 3 aromatic rings. The number of carbonyl (C=O) groups is 2. The smallest absolute Gasteiger partial charge is 0.411 e. The van der Waals surface area contributed by atoms with E-state index < -0.39 is 6.09 Å². The summed E-state index contributed by atoms with van der Waals surface area (Å²) in [5.74, 6) is 0.0610. The van der Waals surface area contributed by atoms with Gasteiger partial charge < -0.3 is 9.64 Å². The first-order valence-electron chi connectivity index (χ1n) is 13.4. The molecule has 3 aromatic carbocycles. The van der Waals surface area contributed by atoms with Crippen LogP contribution in [0.15, 0.2) is 78.9 Å². The van der Waals surface area contributed by atoms with E-state index in [9.17, 15) is 9.59 Å². The monoisotopic (exact) mass is 514 g/mol. The number of ether oxygens (including phenoxy) is 1. The summed E-state index contributed by atoms with van der Waals surface area (Å²) in [6, 6.07) is 26.6. The molecule has 7 heteroatoms. The van der Waals surface area contributed by atoms with Gasteiger partial charge in [-0.2, -0.15) is 0 Å². The lowest BCUT2D eigenvalue weighted by atomic mass is 9.95. The van der Waals surface area contributed by atoms with E-state index in [1.54, 1.807) is 0 Å². The largest absolute Gasteiger partial charge is 0.453 e. The van der Waals surface area contributed by atoms with Crippen molar-refractivity contribution in [3.8, 4) is 0 Å². The predicted molar refractivity (Wildman–Crippen MR) is 151 cm³/mol. The Morgan fingerprint density at radius 1 is 0.842 bits per heavy atom.